The first-order valence-electron chi connectivity index (χ1n) is 7.58. The maximum absolute atomic E-state index is 9.69. The lowest BCUT2D eigenvalue weighted by Crippen LogP contribution is -2.16. The highest BCUT2D eigenvalue weighted by atomic mass is 35.5. The Morgan fingerprint density at radius 1 is 1.19 bits per heavy atom. The first-order chi connectivity index (χ1) is 10.2. The molecule has 0 aliphatic heterocycles. The molecule has 114 valence electrons. The van der Waals surface area contributed by atoms with E-state index in [1.807, 2.05) is 22.9 Å². The largest absolute Gasteiger partial charge is 0.396 e. The van der Waals surface area contributed by atoms with Crippen LogP contribution >= 0.6 is 11.6 Å². The molecule has 1 heterocycles. The Morgan fingerprint density at radius 3 is 2.48 bits per heavy atom. The molecule has 0 spiro atoms. The van der Waals surface area contributed by atoms with E-state index in [0.29, 0.717) is 0 Å². The minimum atomic E-state index is 0.154. The van der Waals surface area contributed by atoms with Gasteiger partial charge in [-0.1, -0.05) is 48.9 Å². The fraction of sp³-hybridized carbons (Fsp3) is 0.471. The Kier molecular flexibility index (Phi) is 5.83. The SMILES string of the molecule is CCc1nn(CC)c(CC(CO)Cc2ccccc2)c1Cl. The van der Waals surface area contributed by atoms with Crippen LogP contribution in [0.4, 0.5) is 0 Å². The topological polar surface area (TPSA) is 38.0 Å². The molecule has 1 atom stereocenters. The second-order valence-corrected chi connectivity index (χ2v) is 5.70. The molecule has 0 radical (unpaired) electrons. The van der Waals surface area contributed by atoms with Crippen LogP contribution in [0.1, 0.15) is 30.8 Å². The van der Waals surface area contributed by atoms with Gasteiger partial charge in [0.1, 0.15) is 0 Å². The van der Waals surface area contributed by atoms with E-state index >= 15 is 0 Å². The van der Waals surface area contributed by atoms with Crippen LogP contribution in [0.3, 0.4) is 0 Å². The molecule has 0 saturated carbocycles. The molecule has 1 unspecified atom stereocenters. The lowest BCUT2D eigenvalue weighted by Gasteiger charge is -2.15. The highest BCUT2D eigenvalue weighted by molar-refractivity contribution is 6.31. The summed E-state index contributed by atoms with van der Waals surface area (Å²) in [4.78, 5) is 0. The van der Waals surface area contributed by atoms with Crippen molar-refractivity contribution in [2.45, 2.75) is 39.7 Å². The van der Waals surface area contributed by atoms with Crippen LogP contribution in [-0.2, 0) is 25.8 Å². The van der Waals surface area contributed by atoms with Crippen molar-refractivity contribution in [3.05, 3.63) is 52.3 Å². The third-order valence-corrected chi connectivity index (χ3v) is 4.24. The Hall–Kier alpha value is -1.32. The quantitative estimate of drug-likeness (QED) is 0.850. The number of aliphatic hydroxyl groups is 1. The predicted octanol–water partition coefficient (Wildman–Crippen LogP) is 3.51. The lowest BCUT2D eigenvalue weighted by atomic mass is 9.95. The van der Waals surface area contributed by atoms with Crippen molar-refractivity contribution in [1.82, 2.24) is 9.78 Å². The van der Waals surface area contributed by atoms with Gasteiger partial charge in [-0.3, -0.25) is 4.68 Å². The Bertz CT molecular complexity index is 566. The van der Waals surface area contributed by atoms with Gasteiger partial charge in [-0.05, 0) is 37.7 Å². The first kappa shape index (κ1) is 16.1. The maximum atomic E-state index is 9.69. The van der Waals surface area contributed by atoms with Crippen molar-refractivity contribution in [1.29, 1.82) is 0 Å². The third-order valence-electron chi connectivity index (χ3n) is 3.80. The van der Waals surface area contributed by atoms with Gasteiger partial charge in [0.15, 0.2) is 0 Å². The van der Waals surface area contributed by atoms with Gasteiger partial charge in [-0.25, -0.2) is 0 Å². The van der Waals surface area contributed by atoms with Crippen LogP contribution in [0.2, 0.25) is 5.02 Å². The maximum Gasteiger partial charge on any atom is 0.0849 e. The van der Waals surface area contributed by atoms with Gasteiger partial charge in [-0.2, -0.15) is 5.10 Å². The summed E-state index contributed by atoms with van der Waals surface area (Å²) in [5.74, 6) is 0.164. The third kappa shape index (κ3) is 3.86. The summed E-state index contributed by atoms with van der Waals surface area (Å²) in [7, 11) is 0. The Balaban J connectivity index is 2.16. The summed E-state index contributed by atoms with van der Waals surface area (Å²) in [6.07, 6.45) is 2.44. The number of aliphatic hydroxyl groups excluding tert-OH is 1. The van der Waals surface area contributed by atoms with Gasteiger partial charge in [0.25, 0.3) is 0 Å². The lowest BCUT2D eigenvalue weighted by molar-refractivity contribution is 0.223. The van der Waals surface area contributed by atoms with Crippen LogP contribution in [0, 0.1) is 5.92 Å². The zero-order chi connectivity index (χ0) is 15.2. The van der Waals surface area contributed by atoms with E-state index in [4.69, 9.17) is 11.6 Å². The summed E-state index contributed by atoms with van der Waals surface area (Å²) >= 11 is 6.45. The fourth-order valence-corrected chi connectivity index (χ4v) is 2.98. The average Bonchev–Trinajstić information content (AvgIpc) is 2.83. The van der Waals surface area contributed by atoms with Crippen LogP contribution in [0.15, 0.2) is 30.3 Å². The number of nitrogens with zero attached hydrogens (tertiary/aromatic N) is 2. The summed E-state index contributed by atoms with van der Waals surface area (Å²) < 4.78 is 1.97. The smallest absolute Gasteiger partial charge is 0.0849 e. The zero-order valence-corrected chi connectivity index (χ0v) is 13.5. The first-order valence-corrected chi connectivity index (χ1v) is 7.96. The van der Waals surface area contributed by atoms with Gasteiger partial charge in [0, 0.05) is 13.2 Å². The zero-order valence-electron chi connectivity index (χ0n) is 12.7. The molecular weight excluding hydrogens is 284 g/mol. The van der Waals surface area contributed by atoms with Crippen molar-refractivity contribution >= 4 is 11.6 Å². The summed E-state index contributed by atoms with van der Waals surface area (Å²) in [5.41, 5.74) is 3.24. The number of halogens is 1. The van der Waals surface area contributed by atoms with Crippen molar-refractivity contribution < 1.29 is 5.11 Å². The molecule has 0 bridgehead atoms. The monoisotopic (exact) mass is 306 g/mol. The number of hydrogen-bond donors (Lipinski definition) is 1. The predicted molar refractivity (Wildman–Crippen MR) is 86.7 cm³/mol. The molecule has 0 aliphatic rings. The normalized spacial score (nSPS) is 12.6. The minimum Gasteiger partial charge on any atom is -0.396 e. The van der Waals surface area contributed by atoms with Crippen molar-refractivity contribution in [3.63, 3.8) is 0 Å². The van der Waals surface area contributed by atoms with Crippen LogP contribution in [0.5, 0.6) is 0 Å². The fourth-order valence-electron chi connectivity index (χ4n) is 2.63. The van der Waals surface area contributed by atoms with Gasteiger partial charge in [0.05, 0.1) is 16.4 Å². The highest BCUT2D eigenvalue weighted by Crippen LogP contribution is 2.25. The highest BCUT2D eigenvalue weighted by Gasteiger charge is 2.18. The molecule has 3 nitrogen and oxygen atoms in total. The summed E-state index contributed by atoms with van der Waals surface area (Å²) in [6.45, 7) is 5.09. The van der Waals surface area contributed by atoms with E-state index in [2.05, 4.69) is 31.1 Å². The van der Waals surface area contributed by atoms with Gasteiger partial charge >= 0.3 is 0 Å². The molecule has 4 heteroatoms. The van der Waals surface area contributed by atoms with Gasteiger partial charge in [0.2, 0.25) is 0 Å². The molecule has 0 fully saturated rings. The minimum absolute atomic E-state index is 0.154. The standard InChI is InChI=1S/C17H23ClN2O/c1-3-15-17(18)16(20(4-2)19-15)11-14(12-21)10-13-8-6-5-7-9-13/h5-9,14,21H,3-4,10-12H2,1-2H3. The number of rotatable bonds is 7. The number of hydrogen-bond acceptors (Lipinski definition) is 2. The van der Waals surface area contributed by atoms with E-state index in [1.54, 1.807) is 0 Å². The number of aryl methyl sites for hydroxylation is 2. The molecule has 21 heavy (non-hydrogen) atoms. The molecular formula is C17H23ClN2O. The average molecular weight is 307 g/mol. The van der Waals surface area contributed by atoms with Crippen molar-refractivity contribution in [3.8, 4) is 0 Å². The van der Waals surface area contributed by atoms with Crippen LogP contribution in [-0.4, -0.2) is 21.5 Å². The molecule has 0 aliphatic carbocycles. The molecule has 1 aromatic carbocycles. The van der Waals surface area contributed by atoms with Gasteiger partial charge < -0.3 is 5.11 Å². The summed E-state index contributed by atoms with van der Waals surface area (Å²) in [5, 5.41) is 15.0. The second-order valence-electron chi connectivity index (χ2n) is 5.32. The van der Waals surface area contributed by atoms with E-state index in [0.717, 1.165) is 42.2 Å². The van der Waals surface area contributed by atoms with Crippen molar-refractivity contribution in [2.75, 3.05) is 6.61 Å². The van der Waals surface area contributed by atoms with E-state index in [1.165, 1.54) is 5.56 Å². The van der Waals surface area contributed by atoms with Gasteiger partial charge in [-0.15, -0.1) is 0 Å². The van der Waals surface area contributed by atoms with Crippen LogP contribution < -0.4 is 0 Å². The molecule has 0 amide bonds. The number of aromatic nitrogens is 2. The Labute approximate surface area is 131 Å². The molecule has 1 N–H and O–H groups in total. The molecule has 1 aromatic heterocycles. The molecule has 2 aromatic rings. The van der Waals surface area contributed by atoms with Crippen LogP contribution in [0.25, 0.3) is 0 Å². The Morgan fingerprint density at radius 2 is 1.90 bits per heavy atom. The molecule has 2 rings (SSSR count). The second kappa shape index (κ2) is 7.62. The summed E-state index contributed by atoms with van der Waals surface area (Å²) in [6, 6.07) is 10.3. The van der Waals surface area contributed by atoms with E-state index in [-0.39, 0.29) is 12.5 Å². The van der Waals surface area contributed by atoms with Crippen molar-refractivity contribution in [2.24, 2.45) is 5.92 Å². The molecule has 0 saturated heterocycles. The van der Waals surface area contributed by atoms with E-state index in [9.17, 15) is 5.11 Å². The number of benzene rings is 1. The van der Waals surface area contributed by atoms with E-state index < -0.39 is 0 Å².